The summed E-state index contributed by atoms with van der Waals surface area (Å²) >= 11 is 0. The zero-order chi connectivity index (χ0) is 23.2. The van der Waals surface area contributed by atoms with Crippen LogP contribution in [-0.4, -0.2) is 36.6 Å². The molecule has 0 fully saturated rings. The fraction of sp³-hybridized carbons (Fsp3) is 0.350. The first-order valence-corrected chi connectivity index (χ1v) is 9.20. The maximum Gasteiger partial charge on any atom is 0.490 e. The lowest BCUT2D eigenvalue weighted by molar-refractivity contribution is -0.192. The maximum absolute atomic E-state index is 12.9. The normalized spacial score (nSPS) is 11.6. The van der Waals surface area contributed by atoms with Gasteiger partial charge in [0.05, 0.1) is 12.7 Å². The smallest absolute Gasteiger partial charge is 0.475 e. The summed E-state index contributed by atoms with van der Waals surface area (Å²) in [5.74, 6) is -2.14. The molecule has 0 bridgehead atoms. The highest BCUT2D eigenvalue weighted by molar-refractivity contribution is 5.73. The number of alkyl halides is 3. The number of halogens is 4. The first kappa shape index (κ1) is 23.9. The Hall–Kier alpha value is -3.37. The van der Waals surface area contributed by atoms with Crippen molar-refractivity contribution in [3.63, 3.8) is 0 Å². The van der Waals surface area contributed by atoms with Gasteiger partial charge in [0.15, 0.2) is 0 Å². The quantitative estimate of drug-likeness (QED) is 0.578. The van der Waals surface area contributed by atoms with E-state index in [1.54, 1.807) is 18.3 Å². The molecule has 0 saturated heterocycles. The van der Waals surface area contributed by atoms with E-state index in [0.29, 0.717) is 13.1 Å². The van der Waals surface area contributed by atoms with Gasteiger partial charge in [-0.2, -0.15) is 18.3 Å². The van der Waals surface area contributed by atoms with Crippen molar-refractivity contribution in [2.75, 3.05) is 5.32 Å². The zero-order valence-electron chi connectivity index (χ0n) is 17.2. The predicted molar refractivity (Wildman–Crippen MR) is 106 cm³/mol. The topological polar surface area (TPSA) is 85.0 Å². The molecule has 0 amide bonds. The van der Waals surface area contributed by atoms with E-state index in [1.165, 1.54) is 12.1 Å². The van der Waals surface area contributed by atoms with Gasteiger partial charge in [0, 0.05) is 36.2 Å². The molecule has 0 aliphatic carbocycles. The average molecular weight is 441 g/mol. The van der Waals surface area contributed by atoms with Gasteiger partial charge in [-0.1, -0.05) is 12.1 Å². The van der Waals surface area contributed by atoms with Gasteiger partial charge in [0.2, 0.25) is 5.95 Å². The molecule has 0 unspecified atom stereocenters. The highest BCUT2D eigenvalue weighted by Crippen LogP contribution is 2.19. The van der Waals surface area contributed by atoms with Gasteiger partial charge in [-0.15, -0.1) is 0 Å². The maximum atomic E-state index is 12.9. The van der Waals surface area contributed by atoms with Crippen LogP contribution in [0.4, 0.5) is 23.5 Å². The van der Waals surface area contributed by atoms with Gasteiger partial charge >= 0.3 is 12.1 Å². The van der Waals surface area contributed by atoms with Crippen LogP contribution in [0, 0.1) is 5.82 Å². The molecular weight excluding hydrogens is 418 g/mol. The number of hydrogen-bond donors (Lipinski definition) is 2. The number of carbonyl (C=O) groups is 1. The minimum absolute atomic E-state index is 0.0222. The van der Waals surface area contributed by atoms with Gasteiger partial charge in [-0.3, -0.25) is 4.68 Å². The Kier molecular flexibility index (Phi) is 7.42. The van der Waals surface area contributed by atoms with Crippen molar-refractivity contribution in [1.82, 2.24) is 19.3 Å². The number of anilines is 1. The molecule has 0 aliphatic rings. The van der Waals surface area contributed by atoms with Crippen molar-refractivity contribution < 1.29 is 27.5 Å². The molecular formula is C20H23F4N5O2. The first-order chi connectivity index (χ1) is 14.4. The van der Waals surface area contributed by atoms with Crippen molar-refractivity contribution in [3.05, 3.63) is 66.0 Å². The van der Waals surface area contributed by atoms with Crippen molar-refractivity contribution >= 4 is 11.9 Å². The number of hydrogen-bond acceptors (Lipinski definition) is 4. The fourth-order valence-electron chi connectivity index (χ4n) is 2.52. The third kappa shape index (κ3) is 7.43. The molecule has 0 saturated carbocycles. The van der Waals surface area contributed by atoms with Crippen molar-refractivity contribution in [2.24, 2.45) is 0 Å². The lowest BCUT2D eigenvalue weighted by Gasteiger charge is -2.23. The minimum Gasteiger partial charge on any atom is -0.475 e. The van der Waals surface area contributed by atoms with Gasteiger partial charge in [-0.25, -0.2) is 14.2 Å². The van der Waals surface area contributed by atoms with Crippen LogP contribution in [-0.2, 0) is 23.4 Å². The van der Waals surface area contributed by atoms with Gasteiger partial charge < -0.3 is 15.0 Å². The molecule has 2 aromatic heterocycles. The van der Waals surface area contributed by atoms with E-state index in [4.69, 9.17) is 9.90 Å². The number of nitrogens with one attached hydrogen (secondary N) is 1. The molecule has 168 valence electrons. The molecule has 11 heteroatoms. The van der Waals surface area contributed by atoms with Gasteiger partial charge in [0.25, 0.3) is 0 Å². The van der Waals surface area contributed by atoms with E-state index in [1.807, 2.05) is 23.3 Å². The lowest BCUT2D eigenvalue weighted by atomic mass is 10.1. The van der Waals surface area contributed by atoms with Crippen LogP contribution in [0.3, 0.4) is 0 Å². The van der Waals surface area contributed by atoms with E-state index < -0.39 is 12.1 Å². The molecule has 3 aromatic rings. The number of rotatable bonds is 5. The molecule has 7 nitrogen and oxygen atoms in total. The average Bonchev–Trinajstić information content (AvgIpc) is 3.30. The van der Waals surface area contributed by atoms with Crippen LogP contribution in [0.5, 0.6) is 0 Å². The highest BCUT2D eigenvalue weighted by atomic mass is 19.4. The van der Waals surface area contributed by atoms with Gasteiger partial charge in [-0.05, 0) is 38.5 Å². The van der Waals surface area contributed by atoms with E-state index in [9.17, 15) is 17.6 Å². The largest absolute Gasteiger partial charge is 0.490 e. The van der Waals surface area contributed by atoms with Crippen molar-refractivity contribution in [1.29, 1.82) is 0 Å². The van der Waals surface area contributed by atoms with E-state index in [2.05, 4.69) is 40.7 Å². The number of benzene rings is 1. The summed E-state index contributed by atoms with van der Waals surface area (Å²) in [7, 11) is 0. The second-order valence-corrected chi connectivity index (χ2v) is 7.62. The number of carboxylic acids is 1. The molecule has 1 aromatic carbocycles. The Morgan fingerprint density at radius 1 is 1.13 bits per heavy atom. The van der Waals surface area contributed by atoms with Crippen molar-refractivity contribution in [3.8, 4) is 0 Å². The molecule has 0 atom stereocenters. The van der Waals surface area contributed by atoms with Crippen LogP contribution in [0.25, 0.3) is 0 Å². The molecule has 2 N–H and O–H groups in total. The Balaban J connectivity index is 0.000000423. The monoisotopic (exact) mass is 441 g/mol. The zero-order valence-corrected chi connectivity index (χ0v) is 17.2. The van der Waals surface area contributed by atoms with Gasteiger partial charge in [0.1, 0.15) is 5.82 Å². The number of aromatic nitrogens is 4. The summed E-state index contributed by atoms with van der Waals surface area (Å²) in [5, 5.41) is 14.8. The summed E-state index contributed by atoms with van der Waals surface area (Å²) in [6.07, 6.45) is 2.51. The third-order valence-electron chi connectivity index (χ3n) is 4.00. The van der Waals surface area contributed by atoms with E-state index in [0.717, 1.165) is 17.1 Å². The van der Waals surface area contributed by atoms with Crippen LogP contribution in [0.1, 0.15) is 31.9 Å². The lowest BCUT2D eigenvalue weighted by Crippen LogP contribution is -2.23. The minimum atomic E-state index is -5.08. The van der Waals surface area contributed by atoms with Crippen LogP contribution in [0.15, 0.2) is 49.1 Å². The summed E-state index contributed by atoms with van der Waals surface area (Å²) in [6.45, 7) is 7.69. The third-order valence-corrected chi connectivity index (χ3v) is 4.00. The Morgan fingerprint density at radius 3 is 2.29 bits per heavy atom. The molecule has 0 radical (unpaired) electrons. The number of nitrogens with zero attached hydrogens (tertiary/aromatic N) is 4. The van der Waals surface area contributed by atoms with E-state index >= 15 is 0 Å². The molecule has 0 spiro atoms. The summed E-state index contributed by atoms with van der Waals surface area (Å²) < 4.78 is 48.6. The van der Waals surface area contributed by atoms with Crippen LogP contribution in [0.2, 0.25) is 0 Å². The van der Waals surface area contributed by atoms with Crippen molar-refractivity contribution in [2.45, 2.75) is 45.6 Å². The fourth-order valence-corrected chi connectivity index (χ4v) is 2.52. The number of aliphatic carboxylic acids is 1. The second-order valence-electron chi connectivity index (χ2n) is 7.62. The number of carboxylic acid groups (broad SMARTS) is 1. The van der Waals surface area contributed by atoms with Crippen LogP contribution < -0.4 is 5.32 Å². The molecule has 2 heterocycles. The molecule has 0 aliphatic heterocycles. The highest BCUT2D eigenvalue weighted by Gasteiger charge is 2.38. The number of imidazole rings is 1. The standard InChI is InChI=1S/C18H22FN5.C2HF3O2/c1-18(2,3)24-9-8-20-17(24)21-10-15-11-22-23(13-15)12-14-4-6-16(19)7-5-14;3-2(4,5)1(6)7/h4-9,11,13H,10,12H2,1-3H3,(H,20,21);(H,6,7). The van der Waals surface area contributed by atoms with Crippen LogP contribution >= 0.6 is 0 Å². The summed E-state index contributed by atoms with van der Waals surface area (Å²) in [5.41, 5.74) is 2.06. The molecule has 31 heavy (non-hydrogen) atoms. The Bertz CT molecular complexity index is 988. The Morgan fingerprint density at radius 2 is 1.74 bits per heavy atom. The summed E-state index contributed by atoms with van der Waals surface area (Å²) in [4.78, 5) is 13.3. The summed E-state index contributed by atoms with van der Waals surface area (Å²) in [6, 6.07) is 6.48. The Labute approximate surface area is 176 Å². The predicted octanol–water partition coefficient (Wildman–Crippen LogP) is 4.27. The second kappa shape index (κ2) is 9.63. The first-order valence-electron chi connectivity index (χ1n) is 9.20. The molecule has 3 rings (SSSR count). The SMILES string of the molecule is CC(C)(C)n1ccnc1NCc1cnn(Cc2ccc(F)cc2)c1.O=C(O)C(F)(F)F. The van der Waals surface area contributed by atoms with E-state index in [-0.39, 0.29) is 11.4 Å².